The van der Waals surface area contributed by atoms with Crippen LogP contribution in [0, 0.1) is 11.8 Å². The largest absolute Gasteiger partial charge is 0.378 e. The minimum Gasteiger partial charge on any atom is -0.378 e. The Morgan fingerprint density at radius 1 is 1.58 bits per heavy atom. The van der Waals surface area contributed by atoms with Crippen LogP contribution in [0.5, 0.6) is 0 Å². The van der Waals surface area contributed by atoms with Gasteiger partial charge in [-0.2, -0.15) is 0 Å². The van der Waals surface area contributed by atoms with Crippen LogP contribution in [-0.2, 0) is 4.74 Å². The van der Waals surface area contributed by atoms with Gasteiger partial charge in [0, 0.05) is 6.61 Å². The summed E-state index contributed by atoms with van der Waals surface area (Å²) in [6, 6.07) is 0. The van der Waals surface area contributed by atoms with Crippen LogP contribution >= 0.6 is 0 Å². The van der Waals surface area contributed by atoms with Gasteiger partial charge >= 0.3 is 0 Å². The molecule has 0 aliphatic carbocycles. The average molecular weight is 168 g/mol. The first kappa shape index (κ1) is 9.79. The zero-order chi connectivity index (χ0) is 8.97. The van der Waals surface area contributed by atoms with E-state index >= 15 is 0 Å². The molecule has 1 saturated heterocycles. The second-order valence-electron chi connectivity index (χ2n) is 4.14. The molecule has 1 fully saturated rings. The zero-order valence-electron chi connectivity index (χ0n) is 8.25. The summed E-state index contributed by atoms with van der Waals surface area (Å²) in [6.45, 7) is 9.27. The highest BCUT2D eigenvalue weighted by Gasteiger charge is 2.20. The van der Waals surface area contributed by atoms with Gasteiger partial charge < -0.3 is 4.74 Å². The second-order valence-corrected chi connectivity index (χ2v) is 4.14. The molecule has 0 saturated carbocycles. The van der Waals surface area contributed by atoms with Crippen molar-refractivity contribution in [2.24, 2.45) is 11.8 Å². The number of ether oxygens (including phenoxy) is 1. The first-order valence-corrected chi connectivity index (χ1v) is 4.96. The molecular formula is C11H20O. The van der Waals surface area contributed by atoms with E-state index in [9.17, 15) is 0 Å². The van der Waals surface area contributed by atoms with Crippen LogP contribution < -0.4 is 0 Å². The lowest BCUT2D eigenvalue weighted by molar-refractivity contribution is -0.0103. The molecule has 1 rings (SSSR count). The van der Waals surface area contributed by atoms with Crippen LogP contribution in [0.1, 0.15) is 33.1 Å². The van der Waals surface area contributed by atoms with Crippen LogP contribution in [0.4, 0.5) is 0 Å². The molecule has 1 aliphatic rings. The van der Waals surface area contributed by atoms with Crippen LogP contribution in [0.15, 0.2) is 12.7 Å². The highest BCUT2D eigenvalue weighted by Crippen LogP contribution is 2.24. The van der Waals surface area contributed by atoms with Gasteiger partial charge in [0.15, 0.2) is 0 Å². The van der Waals surface area contributed by atoms with Crippen molar-refractivity contribution in [3.8, 4) is 0 Å². The third-order valence-corrected chi connectivity index (χ3v) is 2.48. The van der Waals surface area contributed by atoms with Crippen molar-refractivity contribution in [3.63, 3.8) is 0 Å². The van der Waals surface area contributed by atoms with E-state index < -0.39 is 0 Å². The third-order valence-electron chi connectivity index (χ3n) is 2.48. The molecular weight excluding hydrogens is 148 g/mol. The lowest BCUT2D eigenvalue weighted by Crippen LogP contribution is -2.25. The van der Waals surface area contributed by atoms with E-state index in [0.717, 1.165) is 18.9 Å². The van der Waals surface area contributed by atoms with E-state index in [0.29, 0.717) is 12.0 Å². The SMILES string of the molecule is C=C[C@H]1CCO[C@@H](CC(C)C)C1. The lowest BCUT2D eigenvalue weighted by atomic mass is 9.91. The zero-order valence-corrected chi connectivity index (χ0v) is 8.25. The molecule has 1 nitrogen and oxygen atoms in total. The fraction of sp³-hybridized carbons (Fsp3) is 0.818. The summed E-state index contributed by atoms with van der Waals surface area (Å²) in [5.74, 6) is 1.45. The molecule has 0 spiro atoms. The van der Waals surface area contributed by atoms with E-state index in [4.69, 9.17) is 4.74 Å². The van der Waals surface area contributed by atoms with Gasteiger partial charge in [-0.15, -0.1) is 6.58 Å². The van der Waals surface area contributed by atoms with Crippen molar-refractivity contribution in [3.05, 3.63) is 12.7 Å². The van der Waals surface area contributed by atoms with Gasteiger partial charge in [-0.25, -0.2) is 0 Å². The molecule has 0 radical (unpaired) electrons. The Morgan fingerprint density at radius 3 is 2.92 bits per heavy atom. The fourth-order valence-corrected chi connectivity index (χ4v) is 1.81. The monoisotopic (exact) mass is 168 g/mol. The predicted octanol–water partition coefficient (Wildman–Crippen LogP) is 3.01. The molecule has 1 aliphatic heterocycles. The van der Waals surface area contributed by atoms with Gasteiger partial charge in [0.25, 0.3) is 0 Å². The quantitative estimate of drug-likeness (QED) is 0.589. The molecule has 1 heterocycles. The maximum atomic E-state index is 5.67. The summed E-state index contributed by atoms with van der Waals surface area (Å²) in [4.78, 5) is 0. The summed E-state index contributed by atoms with van der Waals surface area (Å²) in [5.41, 5.74) is 0. The van der Waals surface area contributed by atoms with Crippen molar-refractivity contribution in [1.82, 2.24) is 0 Å². The Hall–Kier alpha value is -0.300. The molecule has 70 valence electrons. The first-order chi connectivity index (χ1) is 5.72. The number of hydrogen-bond acceptors (Lipinski definition) is 1. The standard InChI is InChI=1S/C11H20O/c1-4-10-5-6-12-11(8-10)7-9(2)3/h4,9-11H,1,5-8H2,2-3H3/t10-,11-/m0/s1. The van der Waals surface area contributed by atoms with Gasteiger partial charge in [-0.1, -0.05) is 19.9 Å². The van der Waals surface area contributed by atoms with Crippen molar-refractivity contribution in [2.45, 2.75) is 39.2 Å². The maximum absolute atomic E-state index is 5.67. The van der Waals surface area contributed by atoms with Crippen LogP contribution in [-0.4, -0.2) is 12.7 Å². The molecule has 1 heteroatoms. The van der Waals surface area contributed by atoms with Gasteiger partial charge in [0.05, 0.1) is 6.10 Å². The van der Waals surface area contributed by atoms with E-state index in [1.165, 1.54) is 12.8 Å². The van der Waals surface area contributed by atoms with E-state index in [1.807, 2.05) is 0 Å². The summed E-state index contributed by atoms with van der Waals surface area (Å²) < 4.78 is 5.67. The van der Waals surface area contributed by atoms with Crippen LogP contribution in [0.2, 0.25) is 0 Å². The van der Waals surface area contributed by atoms with Gasteiger partial charge in [-0.3, -0.25) is 0 Å². The Balaban J connectivity index is 2.30. The fourth-order valence-electron chi connectivity index (χ4n) is 1.81. The third kappa shape index (κ3) is 2.98. The minimum atomic E-state index is 0.488. The topological polar surface area (TPSA) is 9.23 Å². The molecule has 0 bridgehead atoms. The molecule has 0 amide bonds. The van der Waals surface area contributed by atoms with Crippen molar-refractivity contribution < 1.29 is 4.74 Å². The van der Waals surface area contributed by atoms with Gasteiger partial charge in [0.2, 0.25) is 0 Å². The molecule has 0 aromatic heterocycles. The van der Waals surface area contributed by atoms with Crippen molar-refractivity contribution in [2.75, 3.05) is 6.61 Å². The highest BCUT2D eigenvalue weighted by atomic mass is 16.5. The molecule has 2 atom stereocenters. The Bertz CT molecular complexity index is 140. The maximum Gasteiger partial charge on any atom is 0.0583 e. The van der Waals surface area contributed by atoms with E-state index in [1.54, 1.807) is 0 Å². The lowest BCUT2D eigenvalue weighted by Gasteiger charge is -2.28. The number of rotatable bonds is 3. The average Bonchev–Trinajstić information content (AvgIpc) is 2.03. The summed E-state index contributed by atoms with van der Waals surface area (Å²) in [5, 5.41) is 0. The van der Waals surface area contributed by atoms with Crippen LogP contribution in [0.25, 0.3) is 0 Å². The first-order valence-electron chi connectivity index (χ1n) is 4.96. The highest BCUT2D eigenvalue weighted by molar-refractivity contribution is 4.84. The van der Waals surface area contributed by atoms with Crippen molar-refractivity contribution in [1.29, 1.82) is 0 Å². The number of allylic oxidation sites excluding steroid dienone is 1. The predicted molar refractivity (Wildman–Crippen MR) is 52.1 cm³/mol. The molecule has 12 heavy (non-hydrogen) atoms. The summed E-state index contributed by atoms with van der Waals surface area (Å²) in [6.07, 6.45) is 6.11. The Kier molecular flexibility index (Phi) is 3.80. The summed E-state index contributed by atoms with van der Waals surface area (Å²) >= 11 is 0. The van der Waals surface area contributed by atoms with E-state index in [2.05, 4.69) is 26.5 Å². The smallest absolute Gasteiger partial charge is 0.0583 e. The van der Waals surface area contributed by atoms with Gasteiger partial charge in [-0.05, 0) is 31.1 Å². The molecule has 0 aromatic rings. The normalized spacial score (nSPS) is 30.6. The second kappa shape index (κ2) is 4.66. The van der Waals surface area contributed by atoms with E-state index in [-0.39, 0.29) is 0 Å². The number of hydrogen-bond donors (Lipinski definition) is 0. The molecule has 0 aromatic carbocycles. The molecule has 0 unspecified atom stereocenters. The summed E-state index contributed by atoms with van der Waals surface area (Å²) in [7, 11) is 0. The van der Waals surface area contributed by atoms with Crippen molar-refractivity contribution >= 4 is 0 Å². The minimum absolute atomic E-state index is 0.488. The van der Waals surface area contributed by atoms with Gasteiger partial charge in [0.1, 0.15) is 0 Å². The Labute approximate surface area is 75.8 Å². The Morgan fingerprint density at radius 2 is 2.33 bits per heavy atom. The molecule has 0 N–H and O–H groups in total. The van der Waals surface area contributed by atoms with Crippen LogP contribution in [0.3, 0.4) is 0 Å².